The number of benzene rings is 2. The molecule has 0 saturated heterocycles. The zero-order valence-electron chi connectivity index (χ0n) is 18.3. The molecule has 0 aliphatic heterocycles. The van der Waals surface area contributed by atoms with Crippen molar-refractivity contribution in [3.05, 3.63) is 48.0 Å². The van der Waals surface area contributed by atoms with Gasteiger partial charge in [-0.1, -0.05) is 30.3 Å². The minimum atomic E-state index is -0.889. The van der Waals surface area contributed by atoms with Crippen molar-refractivity contribution in [1.82, 2.24) is 5.32 Å². The lowest BCUT2D eigenvalue weighted by Gasteiger charge is -2.22. The van der Waals surface area contributed by atoms with Crippen molar-refractivity contribution in [2.45, 2.75) is 38.8 Å². The van der Waals surface area contributed by atoms with Crippen LogP contribution in [0.4, 0.5) is 4.79 Å². The first-order chi connectivity index (χ1) is 14.2. The highest BCUT2D eigenvalue weighted by atomic mass is 16.6. The second-order valence-corrected chi connectivity index (χ2v) is 7.66. The highest BCUT2D eigenvalue weighted by Gasteiger charge is 2.25. The van der Waals surface area contributed by atoms with Gasteiger partial charge in [-0.05, 0) is 44.0 Å². The Balaban J connectivity index is 2.32. The van der Waals surface area contributed by atoms with Crippen molar-refractivity contribution >= 4 is 12.1 Å². The molecule has 2 aromatic rings. The first kappa shape index (κ1) is 23.1. The highest BCUT2D eigenvalue weighted by Crippen LogP contribution is 2.38. The molecule has 1 amide bonds. The second kappa shape index (κ2) is 10.0. The van der Waals surface area contributed by atoms with Crippen LogP contribution in [-0.4, -0.2) is 45.0 Å². The van der Waals surface area contributed by atoms with Crippen LogP contribution < -0.4 is 14.8 Å². The van der Waals surface area contributed by atoms with Crippen molar-refractivity contribution in [2.75, 3.05) is 21.3 Å². The van der Waals surface area contributed by atoms with E-state index in [9.17, 15) is 9.59 Å². The molecule has 0 aromatic heterocycles. The average molecular weight is 415 g/mol. The van der Waals surface area contributed by atoms with Crippen LogP contribution in [-0.2, 0) is 20.7 Å². The maximum atomic E-state index is 12.2. The van der Waals surface area contributed by atoms with E-state index in [4.69, 9.17) is 18.9 Å². The van der Waals surface area contributed by atoms with E-state index >= 15 is 0 Å². The van der Waals surface area contributed by atoms with Gasteiger partial charge in [0.25, 0.3) is 0 Å². The van der Waals surface area contributed by atoms with Gasteiger partial charge >= 0.3 is 12.1 Å². The minimum Gasteiger partial charge on any atom is -0.496 e. The van der Waals surface area contributed by atoms with E-state index in [1.54, 1.807) is 35.0 Å². The topological polar surface area (TPSA) is 83.1 Å². The summed E-state index contributed by atoms with van der Waals surface area (Å²) >= 11 is 0. The third-order valence-electron chi connectivity index (χ3n) is 4.26. The molecule has 0 spiro atoms. The minimum absolute atomic E-state index is 0.233. The van der Waals surface area contributed by atoms with E-state index in [1.165, 1.54) is 7.11 Å². The van der Waals surface area contributed by atoms with Crippen LogP contribution in [0.1, 0.15) is 26.3 Å². The molecule has 1 unspecified atom stereocenters. The van der Waals surface area contributed by atoms with Gasteiger partial charge < -0.3 is 24.3 Å². The number of ether oxygens (including phenoxy) is 4. The predicted octanol–water partition coefficient (Wildman–Crippen LogP) is 3.98. The van der Waals surface area contributed by atoms with E-state index in [-0.39, 0.29) is 6.42 Å². The molecule has 0 aliphatic carbocycles. The lowest BCUT2D eigenvalue weighted by atomic mass is 9.98. The third kappa shape index (κ3) is 6.14. The summed E-state index contributed by atoms with van der Waals surface area (Å²) < 4.78 is 21.1. The lowest BCUT2D eigenvalue weighted by molar-refractivity contribution is -0.143. The Morgan fingerprint density at radius 3 is 2.10 bits per heavy atom. The molecule has 0 bridgehead atoms. The molecule has 1 N–H and O–H groups in total. The summed E-state index contributed by atoms with van der Waals surface area (Å²) in [5, 5.41) is 2.59. The third-order valence-corrected chi connectivity index (χ3v) is 4.26. The summed E-state index contributed by atoms with van der Waals surface area (Å²) in [6, 6.07) is 12.3. The SMILES string of the molecule is COC(=O)C(Cc1cccc(-c2c(OC)cccc2OC)c1)NC(=O)OC(C)(C)C. The van der Waals surface area contributed by atoms with E-state index in [2.05, 4.69) is 5.32 Å². The number of methoxy groups -OCH3 is 3. The van der Waals surface area contributed by atoms with Gasteiger partial charge in [-0.25, -0.2) is 9.59 Å². The summed E-state index contributed by atoms with van der Waals surface area (Å²) in [6.07, 6.45) is -0.447. The van der Waals surface area contributed by atoms with Crippen LogP contribution in [0.3, 0.4) is 0 Å². The van der Waals surface area contributed by atoms with Gasteiger partial charge in [0.1, 0.15) is 23.1 Å². The Kier molecular flexibility index (Phi) is 7.69. The molecule has 7 heteroatoms. The Morgan fingerprint density at radius 1 is 0.967 bits per heavy atom. The fraction of sp³-hybridized carbons (Fsp3) is 0.391. The maximum Gasteiger partial charge on any atom is 0.408 e. The molecule has 0 aliphatic rings. The zero-order valence-corrected chi connectivity index (χ0v) is 18.3. The molecule has 162 valence electrons. The maximum absolute atomic E-state index is 12.2. The molecular formula is C23H29NO6. The molecule has 7 nitrogen and oxygen atoms in total. The first-order valence-corrected chi connectivity index (χ1v) is 9.56. The van der Waals surface area contributed by atoms with Crippen LogP contribution in [0.5, 0.6) is 11.5 Å². The van der Waals surface area contributed by atoms with Gasteiger partial charge in [0.15, 0.2) is 0 Å². The Labute approximate surface area is 177 Å². The summed E-state index contributed by atoms with van der Waals surface area (Å²) in [4.78, 5) is 24.4. The number of carbonyl (C=O) groups excluding carboxylic acids is 2. The summed E-state index contributed by atoms with van der Waals surface area (Å²) in [5.41, 5.74) is 1.82. The molecule has 1 atom stereocenters. The van der Waals surface area contributed by atoms with Crippen LogP contribution in [0.2, 0.25) is 0 Å². The van der Waals surface area contributed by atoms with Crippen LogP contribution >= 0.6 is 0 Å². The van der Waals surface area contributed by atoms with Gasteiger partial charge in [0.2, 0.25) is 0 Å². The van der Waals surface area contributed by atoms with Crippen molar-refractivity contribution in [3.63, 3.8) is 0 Å². The highest BCUT2D eigenvalue weighted by molar-refractivity contribution is 5.82. The number of hydrogen-bond donors (Lipinski definition) is 1. The molecule has 2 aromatic carbocycles. The van der Waals surface area contributed by atoms with E-state index in [1.807, 2.05) is 42.5 Å². The van der Waals surface area contributed by atoms with Crippen LogP contribution in [0, 0.1) is 0 Å². The largest absolute Gasteiger partial charge is 0.496 e. The van der Waals surface area contributed by atoms with Gasteiger partial charge in [0, 0.05) is 6.42 Å². The van der Waals surface area contributed by atoms with Crippen molar-refractivity contribution in [2.24, 2.45) is 0 Å². The van der Waals surface area contributed by atoms with Crippen molar-refractivity contribution < 1.29 is 28.5 Å². The quantitative estimate of drug-likeness (QED) is 0.689. The number of rotatable bonds is 7. The number of nitrogens with one attached hydrogen (secondary N) is 1. The van der Waals surface area contributed by atoms with Crippen molar-refractivity contribution in [3.8, 4) is 22.6 Å². The van der Waals surface area contributed by atoms with Crippen LogP contribution in [0.15, 0.2) is 42.5 Å². The number of alkyl carbamates (subject to hydrolysis) is 1. The molecular weight excluding hydrogens is 386 g/mol. The smallest absolute Gasteiger partial charge is 0.408 e. The van der Waals surface area contributed by atoms with Crippen molar-refractivity contribution in [1.29, 1.82) is 0 Å². The molecule has 0 fully saturated rings. The van der Waals surface area contributed by atoms with E-state index in [0.29, 0.717) is 11.5 Å². The second-order valence-electron chi connectivity index (χ2n) is 7.66. The Bertz CT molecular complexity index is 865. The van der Waals surface area contributed by atoms with Gasteiger partial charge in [-0.3, -0.25) is 0 Å². The zero-order chi connectivity index (χ0) is 22.3. The fourth-order valence-electron chi connectivity index (χ4n) is 3.01. The van der Waals surface area contributed by atoms with E-state index < -0.39 is 23.7 Å². The first-order valence-electron chi connectivity index (χ1n) is 9.56. The van der Waals surface area contributed by atoms with Gasteiger partial charge in [0.05, 0.1) is 26.9 Å². The molecule has 2 rings (SSSR count). The number of hydrogen-bond acceptors (Lipinski definition) is 6. The van der Waals surface area contributed by atoms with Crippen LogP contribution in [0.25, 0.3) is 11.1 Å². The Hall–Kier alpha value is -3.22. The molecule has 0 heterocycles. The normalized spacial score (nSPS) is 11.9. The summed E-state index contributed by atoms with van der Waals surface area (Å²) in [6.45, 7) is 5.26. The van der Waals surface area contributed by atoms with E-state index in [0.717, 1.165) is 16.7 Å². The monoisotopic (exact) mass is 415 g/mol. The summed E-state index contributed by atoms with van der Waals surface area (Å²) in [7, 11) is 4.47. The van der Waals surface area contributed by atoms with Gasteiger partial charge in [-0.15, -0.1) is 0 Å². The molecule has 0 radical (unpaired) electrons. The lowest BCUT2D eigenvalue weighted by Crippen LogP contribution is -2.45. The fourth-order valence-corrected chi connectivity index (χ4v) is 3.01. The average Bonchev–Trinajstić information content (AvgIpc) is 2.70. The Morgan fingerprint density at radius 2 is 1.57 bits per heavy atom. The predicted molar refractivity (Wildman–Crippen MR) is 114 cm³/mol. The summed E-state index contributed by atoms with van der Waals surface area (Å²) in [5.74, 6) is 0.784. The standard InChI is InChI=1S/C23H29NO6/c1-23(2,3)30-22(26)24-17(21(25)29-6)14-15-9-7-10-16(13-15)20-18(27-4)11-8-12-19(20)28-5/h7-13,17H,14H2,1-6H3,(H,24,26). The number of esters is 1. The molecule has 0 saturated carbocycles. The number of amides is 1. The molecule has 30 heavy (non-hydrogen) atoms. The van der Waals surface area contributed by atoms with Gasteiger partial charge in [-0.2, -0.15) is 0 Å². The number of carbonyl (C=O) groups is 2.